The molecule has 1 amide bonds. The second-order valence-corrected chi connectivity index (χ2v) is 10.2. The summed E-state index contributed by atoms with van der Waals surface area (Å²) >= 11 is 10.7. The van der Waals surface area contributed by atoms with Crippen LogP contribution >= 0.6 is 39.5 Å². The second-order valence-electron chi connectivity index (χ2n) is 8.07. The van der Waals surface area contributed by atoms with Crippen LogP contribution in [0.5, 0.6) is 5.75 Å². The summed E-state index contributed by atoms with van der Waals surface area (Å²) in [7, 11) is 0. The van der Waals surface area contributed by atoms with Crippen LogP contribution < -0.4 is 10.3 Å². The number of hydrazone groups is 1. The average Bonchev–Trinajstić information content (AvgIpc) is 3.27. The van der Waals surface area contributed by atoms with Crippen molar-refractivity contribution in [3.63, 3.8) is 0 Å². The fourth-order valence-electron chi connectivity index (χ4n) is 3.92. The maximum Gasteiger partial charge on any atom is 0.223 e. The first-order chi connectivity index (χ1) is 17.0. The Morgan fingerprint density at radius 1 is 1.31 bits per heavy atom. The lowest BCUT2D eigenvalue weighted by Gasteiger charge is -2.35. The molecule has 1 aliphatic rings. The van der Waals surface area contributed by atoms with E-state index in [9.17, 15) is 9.90 Å². The van der Waals surface area contributed by atoms with E-state index in [-0.39, 0.29) is 17.6 Å². The van der Waals surface area contributed by atoms with E-state index in [0.717, 1.165) is 20.6 Å². The van der Waals surface area contributed by atoms with Gasteiger partial charge in [0.1, 0.15) is 5.69 Å². The Labute approximate surface area is 222 Å². The maximum atomic E-state index is 12.7. The number of pyridine rings is 1. The zero-order valence-electron chi connectivity index (χ0n) is 19.2. The van der Waals surface area contributed by atoms with Gasteiger partial charge < -0.3 is 15.3 Å². The summed E-state index contributed by atoms with van der Waals surface area (Å²) in [5.74, 6) is 0.118. The number of hydrogen-bond acceptors (Lipinski definition) is 6. The summed E-state index contributed by atoms with van der Waals surface area (Å²) in [6.07, 6.45) is 4.76. The lowest BCUT2D eigenvalue weighted by molar-refractivity contribution is -0.126. The van der Waals surface area contributed by atoms with Crippen LogP contribution in [-0.2, 0) is 11.3 Å². The van der Waals surface area contributed by atoms with Gasteiger partial charge in [-0.05, 0) is 61.8 Å². The van der Waals surface area contributed by atoms with Crippen LogP contribution in [0.3, 0.4) is 0 Å². The molecule has 4 rings (SSSR count). The fraction of sp³-hybridized carbons (Fsp3) is 0.280. The number of amides is 1. The molecule has 1 aliphatic heterocycles. The van der Waals surface area contributed by atoms with Crippen molar-refractivity contribution in [3.8, 4) is 16.2 Å². The zero-order chi connectivity index (χ0) is 24.8. The van der Waals surface area contributed by atoms with Gasteiger partial charge in [-0.15, -0.1) is 11.3 Å². The number of rotatable bonds is 6. The highest BCUT2D eigenvalue weighted by atomic mass is 79.9. The van der Waals surface area contributed by atoms with Gasteiger partial charge in [-0.1, -0.05) is 34.1 Å². The van der Waals surface area contributed by atoms with Crippen molar-refractivity contribution >= 4 is 62.4 Å². The topological polar surface area (TPSA) is 81.1 Å². The van der Waals surface area contributed by atoms with E-state index in [1.807, 2.05) is 59.7 Å². The molecule has 1 fully saturated rings. The van der Waals surface area contributed by atoms with E-state index in [4.69, 9.17) is 12.2 Å². The van der Waals surface area contributed by atoms with Crippen LogP contribution in [-0.4, -0.2) is 45.3 Å². The van der Waals surface area contributed by atoms with Crippen molar-refractivity contribution in [3.05, 3.63) is 64.2 Å². The monoisotopic (exact) mass is 571 g/mol. The Morgan fingerprint density at radius 3 is 2.71 bits per heavy atom. The van der Waals surface area contributed by atoms with Gasteiger partial charge in [-0.2, -0.15) is 5.10 Å². The molecule has 1 aromatic carbocycles. The van der Waals surface area contributed by atoms with Crippen molar-refractivity contribution in [2.24, 2.45) is 11.0 Å². The summed E-state index contributed by atoms with van der Waals surface area (Å²) in [6, 6.07) is 13.4. The van der Waals surface area contributed by atoms with Gasteiger partial charge >= 0.3 is 0 Å². The lowest BCUT2D eigenvalue weighted by Crippen LogP contribution is -2.47. The molecule has 0 radical (unpaired) electrons. The third kappa shape index (κ3) is 6.06. The molecule has 1 saturated heterocycles. The van der Waals surface area contributed by atoms with Crippen molar-refractivity contribution < 1.29 is 9.90 Å². The highest BCUT2D eigenvalue weighted by Gasteiger charge is 2.29. The van der Waals surface area contributed by atoms with Gasteiger partial charge in [0, 0.05) is 41.3 Å². The number of aromatic hydroxyl groups is 1. The average molecular weight is 573 g/mol. The highest BCUT2D eigenvalue weighted by molar-refractivity contribution is 9.10. The summed E-state index contributed by atoms with van der Waals surface area (Å²) < 4.78 is 0.977. The standard InChI is InChI=1S/C25H26BrN5O2S2/c1-2-29-31(21-16-35-23(22(21)32)17-6-8-19(26)9-7-17)25(34)30-13-10-18(11-14-30)24(33)28-15-20-5-3-4-12-27-20/h2-9,12,16,18,32H,10-11,13-15H2,1H3,(H,28,33)/b29-2+. The number of likely N-dealkylation sites (tertiary alicyclic amines) is 1. The van der Waals surface area contributed by atoms with Crippen molar-refractivity contribution in [2.45, 2.75) is 26.3 Å². The van der Waals surface area contributed by atoms with Gasteiger partial charge in [-0.25, -0.2) is 5.01 Å². The smallest absolute Gasteiger partial charge is 0.223 e. The number of carbonyl (C=O) groups excluding carboxylic acids is 1. The summed E-state index contributed by atoms with van der Waals surface area (Å²) in [5, 5.41) is 22.4. The molecule has 182 valence electrons. The molecular formula is C25H26BrN5O2S2. The van der Waals surface area contributed by atoms with Crippen LogP contribution in [0.15, 0.2) is 63.6 Å². The molecular weight excluding hydrogens is 546 g/mol. The summed E-state index contributed by atoms with van der Waals surface area (Å²) in [5.41, 5.74) is 2.31. The number of hydrogen-bond donors (Lipinski definition) is 2. The summed E-state index contributed by atoms with van der Waals surface area (Å²) in [4.78, 5) is 19.7. The molecule has 0 saturated carbocycles. The predicted molar refractivity (Wildman–Crippen MR) is 149 cm³/mol. The van der Waals surface area contributed by atoms with Gasteiger partial charge in [-0.3, -0.25) is 9.78 Å². The molecule has 0 unspecified atom stereocenters. The van der Waals surface area contributed by atoms with Crippen molar-refractivity contribution in [1.82, 2.24) is 15.2 Å². The summed E-state index contributed by atoms with van der Waals surface area (Å²) in [6.45, 7) is 3.52. The third-order valence-electron chi connectivity index (χ3n) is 5.80. The number of anilines is 1. The Hall–Kier alpha value is -2.82. The normalized spacial score (nSPS) is 14.3. The molecule has 2 N–H and O–H groups in total. The number of nitrogens with one attached hydrogen (secondary N) is 1. The molecule has 2 aromatic heterocycles. The first-order valence-electron chi connectivity index (χ1n) is 11.3. The number of nitrogens with zero attached hydrogens (tertiary/aromatic N) is 4. The number of piperidine rings is 1. The third-order valence-corrected chi connectivity index (χ3v) is 7.76. The highest BCUT2D eigenvalue weighted by Crippen LogP contribution is 2.44. The van der Waals surface area contributed by atoms with Gasteiger partial charge in [0.05, 0.1) is 17.1 Å². The molecule has 35 heavy (non-hydrogen) atoms. The molecule has 0 aliphatic carbocycles. The number of halogens is 1. The molecule has 0 atom stereocenters. The molecule has 10 heteroatoms. The first-order valence-corrected chi connectivity index (χ1v) is 13.4. The number of benzene rings is 1. The Kier molecular flexibility index (Phi) is 8.48. The number of carbonyl (C=O) groups is 1. The molecule has 3 heterocycles. The van der Waals surface area contributed by atoms with Crippen molar-refractivity contribution in [2.75, 3.05) is 18.1 Å². The molecule has 3 aromatic rings. The predicted octanol–water partition coefficient (Wildman–Crippen LogP) is 5.40. The zero-order valence-corrected chi connectivity index (χ0v) is 22.4. The van der Waals surface area contributed by atoms with E-state index >= 15 is 0 Å². The van der Waals surface area contributed by atoms with Crippen LogP contribution in [0.25, 0.3) is 10.4 Å². The number of thiocarbonyl (C=S) groups is 1. The minimum atomic E-state index is -0.0700. The van der Waals surface area contributed by atoms with Gasteiger partial charge in [0.25, 0.3) is 0 Å². The molecule has 0 spiro atoms. The Balaban J connectivity index is 1.40. The quantitative estimate of drug-likeness (QED) is 0.234. The molecule has 0 bridgehead atoms. The van der Waals surface area contributed by atoms with E-state index in [2.05, 4.69) is 31.3 Å². The fourth-order valence-corrected chi connectivity index (χ4v) is 5.44. The van der Waals surface area contributed by atoms with Crippen LogP contribution in [0.1, 0.15) is 25.5 Å². The largest absolute Gasteiger partial charge is 0.504 e. The lowest BCUT2D eigenvalue weighted by atomic mass is 9.96. The van der Waals surface area contributed by atoms with E-state index < -0.39 is 0 Å². The van der Waals surface area contributed by atoms with E-state index in [1.54, 1.807) is 17.4 Å². The first kappa shape index (κ1) is 25.3. The van der Waals surface area contributed by atoms with Crippen LogP contribution in [0.2, 0.25) is 0 Å². The minimum Gasteiger partial charge on any atom is -0.504 e. The van der Waals surface area contributed by atoms with Crippen molar-refractivity contribution in [1.29, 1.82) is 0 Å². The number of thiophene rings is 1. The maximum absolute atomic E-state index is 12.7. The van der Waals surface area contributed by atoms with Gasteiger partial charge in [0.15, 0.2) is 10.9 Å². The number of aromatic nitrogens is 1. The Bertz CT molecular complexity index is 1190. The second kappa shape index (κ2) is 11.7. The van der Waals surface area contributed by atoms with Gasteiger partial charge in [0.2, 0.25) is 5.91 Å². The van der Waals surface area contributed by atoms with Crippen LogP contribution in [0.4, 0.5) is 5.69 Å². The van der Waals surface area contributed by atoms with E-state index in [0.29, 0.717) is 43.3 Å². The van der Waals surface area contributed by atoms with Crippen LogP contribution in [0, 0.1) is 5.92 Å². The van der Waals surface area contributed by atoms with E-state index in [1.165, 1.54) is 11.3 Å². The Morgan fingerprint density at radius 2 is 2.06 bits per heavy atom. The molecule has 7 nitrogen and oxygen atoms in total. The SMILES string of the molecule is C/C=N/N(C(=S)N1CCC(C(=O)NCc2ccccn2)CC1)c1csc(-c2ccc(Br)cc2)c1O. The minimum absolute atomic E-state index is 0.0410.